The van der Waals surface area contributed by atoms with Crippen molar-refractivity contribution in [3.8, 4) is 28.7 Å². The number of ether oxygens (including phenoxy) is 1. The van der Waals surface area contributed by atoms with Crippen molar-refractivity contribution < 1.29 is 43.2 Å². The summed E-state index contributed by atoms with van der Waals surface area (Å²) in [6, 6.07) is 5.50. The van der Waals surface area contributed by atoms with E-state index in [-0.39, 0.29) is 34.8 Å². The maximum absolute atomic E-state index is 11.3. The van der Waals surface area contributed by atoms with Gasteiger partial charge < -0.3 is 30.3 Å². The fourth-order valence-electron chi connectivity index (χ4n) is 2.69. The number of phenols is 4. The van der Waals surface area contributed by atoms with E-state index < -0.39 is 34.8 Å². The zero-order valence-corrected chi connectivity index (χ0v) is 13.3. The molecule has 0 fully saturated rings. The number of aromatic hydroxyl groups is 4. The molecule has 0 aromatic heterocycles. The molecule has 2 aromatic rings. The second kappa shape index (κ2) is 6.08. The van der Waals surface area contributed by atoms with E-state index in [0.717, 1.165) is 24.3 Å². The SMILES string of the molecule is O=S(O)OC1(c2ccc(O)c(O)c2)Oc2cc(O)cc(O)c2C[C@H]1O. The summed E-state index contributed by atoms with van der Waals surface area (Å²) in [5, 5.41) is 49.1. The Morgan fingerprint density at radius 2 is 1.80 bits per heavy atom. The van der Waals surface area contributed by atoms with Crippen molar-refractivity contribution in [3.05, 3.63) is 41.5 Å². The Morgan fingerprint density at radius 3 is 2.44 bits per heavy atom. The molecule has 10 heteroatoms. The highest BCUT2D eigenvalue weighted by Gasteiger charge is 2.50. The summed E-state index contributed by atoms with van der Waals surface area (Å²) in [7, 11) is 0. The number of hydrogen-bond donors (Lipinski definition) is 6. The van der Waals surface area contributed by atoms with Gasteiger partial charge in [0, 0.05) is 29.7 Å². The molecule has 3 rings (SSSR count). The van der Waals surface area contributed by atoms with Crippen molar-refractivity contribution in [2.24, 2.45) is 0 Å². The van der Waals surface area contributed by atoms with E-state index >= 15 is 0 Å². The molecule has 1 aliphatic rings. The second-order valence-electron chi connectivity index (χ2n) is 5.44. The topological polar surface area (TPSA) is 157 Å². The van der Waals surface area contributed by atoms with Crippen molar-refractivity contribution in [3.63, 3.8) is 0 Å². The molecule has 0 saturated carbocycles. The number of aliphatic hydroxyl groups is 1. The van der Waals surface area contributed by atoms with Gasteiger partial charge in [-0.15, -0.1) is 0 Å². The van der Waals surface area contributed by atoms with Crippen LogP contribution in [0.1, 0.15) is 11.1 Å². The van der Waals surface area contributed by atoms with Gasteiger partial charge in [0.15, 0.2) is 11.5 Å². The molecule has 134 valence electrons. The van der Waals surface area contributed by atoms with Gasteiger partial charge in [-0.2, -0.15) is 4.21 Å². The van der Waals surface area contributed by atoms with E-state index in [0.29, 0.717) is 0 Å². The summed E-state index contributed by atoms with van der Waals surface area (Å²) < 4.78 is 30.9. The number of phenolic OH excluding ortho intramolecular Hbond substituents is 4. The molecule has 3 atom stereocenters. The van der Waals surface area contributed by atoms with Crippen molar-refractivity contribution in [2.45, 2.75) is 18.3 Å². The zero-order valence-electron chi connectivity index (χ0n) is 12.5. The smallest absolute Gasteiger partial charge is 0.305 e. The van der Waals surface area contributed by atoms with Gasteiger partial charge in [0.25, 0.3) is 5.79 Å². The summed E-state index contributed by atoms with van der Waals surface area (Å²) in [6.07, 6.45) is -1.80. The minimum absolute atomic E-state index is 0.0637. The molecule has 0 amide bonds. The lowest BCUT2D eigenvalue weighted by molar-refractivity contribution is -0.200. The van der Waals surface area contributed by atoms with Crippen LogP contribution in [-0.2, 0) is 27.8 Å². The van der Waals surface area contributed by atoms with Crippen LogP contribution in [0.15, 0.2) is 30.3 Å². The normalized spacial score (nSPS) is 23.5. The van der Waals surface area contributed by atoms with Crippen molar-refractivity contribution >= 4 is 11.4 Å². The molecule has 2 aromatic carbocycles. The van der Waals surface area contributed by atoms with Crippen LogP contribution in [-0.4, -0.2) is 40.4 Å². The van der Waals surface area contributed by atoms with Gasteiger partial charge in [-0.1, -0.05) is 0 Å². The second-order valence-corrected chi connectivity index (χ2v) is 6.04. The molecule has 0 bridgehead atoms. The van der Waals surface area contributed by atoms with E-state index in [1.165, 1.54) is 6.07 Å². The molecule has 1 aliphatic heterocycles. The van der Waals surface area contributed by atoms with E-state index in [4.69, 9.17) is 8.92 Å². The van der Waals surface area contributed by atoms with Crippen LogP contribution in [0, 0.1) is 0 Å². The molecular formula is C15H14O9S. The molecule has 0 aliphatic carbocycles. The van der Waals surface area contributed by atoms with Gasteiger partial charge >= 0.3 is 11.4 Å². The lowest BCUT2D eigenvalue weighted by atomic mass is 9.90. The van der Waals surface area contributed by atoms with Gasteiger partial charge in [-0.05, 0) is 18.2 Å². The quantitative estimate of drug-likeness (QED) is 0.340. The first-order valence-corrected chi connectivity index (χ1v) is 8.01. The first-order chi connectivity index (χ1) is 11.7. The van der Waals surface area contributed by atoms with E-state index in [1.54, 1.807) is 0 Å². The summed E-state index contributed by atoms with van der Waals surface area (Å²) in [6.45, 7) is 0. The third kappa shape index (κ3) is 2.96. The van der Waals surface area contributed by atoms with Gasteiger partial charge in [0.2, 0.25) is 0 Å². The highest BCUT2D eigenvalue weighted by molar-refractivity contribution is 7.74. The first-order valence-electron chi connectivity index (χ1n) is 6.97. The lowest BCUT2D eigenvalue weighted by Crippen LogP contribution is -2.51. The Balaban J connectivity index is 2.18. The Morgan fingerprint density at radius 1 is 1.08 bits per heavy atom. The summed E-state index contributed by atoms with van der Waals surface area (Å²) in [4.78, 5) is 0. The van der Waals surface area contributed by atoms with E-state index in [9.17, 15) is 34.3 Å². The Labute approximate surface area is 143 Å². The number of hydrogen-bond acceptors (Lipinski definition) is 8. The maximum Gasteiger partial charge on any atom is 0.305 e. The van der Waals surface area contributed by atoms with Gasteiger partial charge in [-0.3, -0.25) is 4.55 Å². The lowest BCUT2D eigenvalue weighted by Gasteiger charge is -2.40. The Kier molecular flexibility index (Phi) is 4.21. The fourth-order valence-corrected chi connectivity index (χ4v) is 3.14. The van der Waals surface area contributed by atoms with Crippen molar-refractivity contribution in [2.75, 3.05) is 0 Å². The van der Waals surface area contributed by atoms with Gasteiger partial charge in [0.05, 0.1) is 0 Å². The van der Waals surface area contributed by atoms with Crippen LogP contribution in [0.25, 0.3) is 0 Å². The zero-order chi connectivity index (χ0) is 18.4. The molecule has 1 heterocycles. The van der Waals surface area contributed by atoms with Crippen molar-refractivity contribution in [1.29, 1.82) is 0 Å². The third-order valence-corrected chi connectivity index (χ3v) is 4.23. The van der Waals surface area contributed by atoms with Crippen LogP contribution in [0.2, 0.25) is 0 Å². The molecule has 0 saturated heterocycles. The van der Waals surface area contributed by atoms with Crippen LogP contribution in [0.5, 0.6) is 28.7 Å². The highest BCUT2D eigenvalue weighted by atomic mass is 32.2. The fraction of sp³-hybridized carbons (Fsp3) is 0.200. The molecule has 6 N–H and O–H groups in total. The summed E-state index contributed by atoms with van der Waals surface area (Å²) in [5.41, 5.74) is 0.0995. The molecule has 2 unspecified atom stereocenters. The number of benzene rings is 2. The highest BCUT2D eigenvalue weighted by Crippen LogP contribution is 2.46. The third-order valence-electron chi connectivity index (χ3n) is 3.84. The molecule has 9 nitrogen and oxygen atoms in total. The van der Waals surface area contributed by atoms with Crippen molar-refractivity contribution in [1.82, 2.24) is 0 Å². The predicted octanol–water partition coefficient (Wildman–Crippen LogP) is 0.811. The summed E-state index contributed by atoms with van der Waals surface area (Å²) in [5.74, 6) is -3.99. The first kappa shape index (κ1) is 17.3. The summed E-state index contributed by atoms with van der Waals surface area (Å²) >= 11 is -2.88. The van der Waals surface area contributed by atoms with Crippen LogP contribution in [0.4, 0.5) is 0 Å². The average molecular weight is 370 g/mol. The minimum Gasteiger partial charge on any atom is -0.508 e. The maximum atomic E-state index is 11.3. The van der Waals surface area contributed by atoms with Gasteiger partial charge in [-0.25, -0.2) is 4.18 Å². The van der Waals surface area contributed by atoms with Crippen LogP contribution in [0.3, 0.4) is 0 Å². The molecule has 0 radical (unpaired) electrons. The standard InChI is InChI=1S/C15H14O9S/c16-8-4-11(18)9-6-14(20)15(24-25(21)22,23-13(9)5-8)7-1-2-10(17)12(19)3-7/h1-5,14,16-20H,6H2,(H,21,22)/t14-,15?/m1/s1. The predicted molar refractivity (Wildman–Crippen MR) is 83.4 cm³/mol. The monoisotopic (exact) mass is 370 g/mol. The molecular weight excluding hydrogens is 356 g/mol. The molecule has 25 heavy (non-hydrogen) atoms. The van der Waals surface area contributed by atoms with Gasteiger partial charge in [0.1, 0.15) is 23.4 Å². The molecule has 0 spiro atoms. The van der Waals surface area contributed by atoms with E-state index in [1.807, 2.05) is 0 Å². The number of aliphatic hydroxyl groups excluding tert-OH is 1. The average Bonchev–Trinajstić information content (AvgIpc) is 2.51. The number of fused-ring (bicyclic) bond motifs is 1. The van der Waals surface area contributed by atoms with Crippen LogP contribution < -0.4 is 4.74 Å². The van der Waals surface area contributed by atoms with E-state index in [2.05, 4.69) is 0 Å². The number of rotatable bonds is 3. The van der Waals surface area contributed by atoms with Crippen LogP contribution >= 0.6 is 0 Å². The Bertz CT molecular complexity index is 853. The minimum atomic E-state index is -2.88. The Hall–Kier alpha value is -2.53. The largest absolute Gasteiger partial charge is 0.508 e.